The van der Waals surface area contributed by atoms with Crippen molar-refractivity contribution < 1.29 is 13.2 Å². The molecule has 0 aliphatic carbocycles. The van der Waals surface area contributed by atoms with Crippen LogP contribution in [0.3, 0.4) is 0 Å². The fraction of sp³-hybridized carbons (Fsp3) is 0.381. The van der Waals surface area contributed by atoms with Gasteiger partial charge in [0.2, 0.25) is 5.95 Å². The molecule has 1 aliphatic rings. The number of anilines is 3. The average molecular weight is 472 g/mol. The molecular weight excluding hydrogens is 450 g/mol. The molecule has 0 radical (unpaired) electrons. The highest BCUT2D eigenvalue weighted by atomic mass is 35.5. The third kappa shape index (κ3) is 4.42. The van der Waals surface area contributed by atoms with Crippen LogP contribution in [0.5, 0.6) is 0 Å². The van der Waals surface area contributed by atoms with Crippen molar-refractivity contribution in [3.8, 4) is 0 Å². The molecule has 1 saturated heterocycles. The molecular formula is C21H22Cl2F3N5. The Hall–Kier alpha value is -2.16. The van der Waals surface area contributed by atoms with Crippen molar-refractivity contribution in [2.75, 3.05) is 23.3 Å². The Kier molecular flexibility index (Phi) is 5.98. The molecule has 4 rings (SSSR count). The maximum absolute atomic E-state index is 13.2. The number of hydrogen-bond donors (Lipinski definition) is 2. The number of halogens is 5. The molecule has 1 aliphatic heterocycles. The topological polar surface area (TPSA) is 59.1 Å². The lowest BCUT2D eigenvalue weighted by molar-refractivity contribution is -0.175. The lowest BCUT2D eigenvalue weighted by Gasteiger charge is -2.35. The van der Waals surface area contributed by atoms with Crippen molar-refractivity contribution in [3.63, 3.8) is 0 Å². The quantitative estimate of drug-likeness (QED) is 0.500. The van der Waals surface area contributed by atoms with E-state index in [0.29, 0.717) is 52.4 Å². The molecule has 0 saturated carbocycles. The van der Waals surface area contributed by atoms with Gasteiger partial charge in [-0.3, -0.25) is 0 Å². The maximum Gasteiger partial charge on any atom is 0.393 e. The maximum atomic E-state index is 13.2. The van der Waals surface area contributed by atoms with Crippen LogP contribution >= 0.6 is 23.2 Å². The zero-order valence-electron chi connectivity index (χ0n) is 16.8. The van der Waals surface area contributed by atoms with Crippen LogP contribution in [0.15, 0.2) is 30.3 Å². The SMILES string of the molecule is Cn1c(Nc2cc(CN)ccc2Cl)nc2cc(Cl)c(N3CCCC(C(F)(F)F)C3)cc21. The lowest BCUT2D eigenvalue weighted by atomic mass is 9.97. The number of rotatable bonds is 4. The molecule has 2 heterocycles. The summed E-state index contributed by atoms with van der Waals surface area (Å²) < 4.78 is 41.6. The number of alkyl halides is 3. The molecule has 1 atom stereocenters. The summed E-state index contributed by atoms with van der Waals surface area (Å²) in [4.78, 5) is 6.30. The average Bonchev–Trinajstić information content (AvgIpc) is 3.02. The minimum Gasteiger partial charge on any atom is -0.370 e. The predicted octanol–water partition coefficient (Wildman–Crippen LogP) is 5.86. The van der Waals surface area contributed by atoms with E-state index >= 15 is 0 Å². The second kappa shape index (κ2) is 8.41. The molecule has 31 heavy (non-hydrogen) atoms. The van der Waals surface area contributed by atoms with Gasteiger partial charge in [0.25, 0.3) is 0 Å². The number of aryl methyl sites for hydroxylation is 1. The first-order valence-corrected chi connectivity index (χ1v) is 10.7. The van der Waals surface area contributed by atoms with Crippen LogP contribution in [0, 0.1) is 5.92 Å². The molecule has 0 amide bonds. The van der Waals surface area contributed by atoms with Gasteiger partial charge in [0.1, 0.15) is 0 Å². The van der Waals surface area contributed by atoms with Gasteiger partial charge in [0, 0.05) is 26.7 Å². The number of benzene rings is 2. The molecule has 1 fully saturated rings. The molecule has 3 N–H and O–H groups in total. The van der Waals surface area contributed by atoms with Crippen LogP contribution in [0.4, 0.5) is 30.5 Å². The third-order valence-electron chi connectivity index (χ3n) is 5.69. The molecule has 1 aromatic heterocycles. The highest BCUT2D eigenvalue weighted by molar-refractivity contribution is 6.34. The summed E-state index contributed by atoms with van der Waals surface area (Å²) in [6.07, 6.45) is -3.61. The Balaban J connectivity index is 1.68. The number of nitrogens with one attached hydrogen (secondary N) is 1. The van der Waals surface area contributed by atoms with Crippen LogP contribution in [0.2, 0.25) is 10.0 Å². The largest absolute Gasteiger partial charge is 0.393 e. The number of imidazole rings is 1. The number of piperidine rings is 1. The first kappa shape index (κ1) is 22.0. The fourth-order valence-electron chi connectivity index (χ4n) is 3.93. The monoisotopic (exact) mass is 471 g/mol. The number of hydrogen-bond acceptors (Lipinski definition) is 4. The Morgan fingerprint density at radius 1 is 1.19 bits per heavy atom. The van der Waals surface area contributed by atoms with E-state index in [-0.39, 0.29) is 13.0 Å². The summed E-state index contributed by atoms with van der Waals surface area (Å²) in [5.74, 6) is -0.820. The third-order valence-corrected chi connectivity index (χ3v) is 6.32. The molecule has 1 unspecified atom stereocenters. The summed E-state index contributed by atoms with van der Waals surface area (Å²) >= 11 is 12.8. The second-order valence-corrected chi connectivity index (χ2v) is 8.57. The van der Waals surface area contributed by atoms with Gasteiger partial charge in [-0.2, -0.15) is 13.2 Å². The Morgan fingerprint density at radius 3 is 2.68 bits per heavy atom. The van der Waals surface area contributed by atoms with Gasteiger partial charge in [0.05, 0.1) is 38.4 Å². The Labute approximate surface area is 187 Å². The van der Waals surface area contributed by atoms with E-state index in [0.717, 1.165) is 11.1 Å². The van der Waals surface area contributed by atoms with Crippen LogP contribution in [0.1, 0.15) is 18.4 Å². The van der Waals surface area contributed by atoms with Crippen LogP contribution in [-0.2, 0) is 13.6 Å². The van der Waals surface area contributed by atoms with Crippen LogP contribution in [0.25, 0.3) is 11.0 Å². The van der Waals surface area contributed by atoms with Crippen molar-refractivity contribution in [2.24, 2.45) is 18.7 Å². The summed E-state index contributed by atoms with van der Waals surface area (Å²) in [5.41, 5.74) is 9.26. The summed E-state index contributed by atoms with van der Waals surface area (Å²) in [5, 5.41) is 4.11. The second-order valence-electron chi connectivity index (χ2n) is 7.76. The standard InChI is InChI=1S/C21H22Cl2F3N5/c1-30-19-9-18(31-6-2-3-13(11-31)21(24,25)26)15(23)8-17(19)29-20(30)28-16-7-12(10-27)4-5-14(16)22/h4-5,7-9,13H,2-3,6,10-11,27H2,1H3,(H,28,29). The normalized spacial score (nSPS) is 17.4. The van der Waals surface area contributed by atoms with E-state index in [2.05, 4.69) is 10.3 Å². The van der Waals surface area contributed by atoms with E-state index in [1.807, 2.05) is 23.7 Å². The van der Waals surface area contributed by atoms with Crippen molar-refractivity contribution in [1.82, 2.24) is 9.55 Å². The fourth-order valence-corrected chi connectivity index (χ4v) is 4.38. The van der Waals surface area contributed by atoms with E-state index in [4.69, 9.17) is 28.9 Å². The zero-order valence-corrected chi connectivity index (χ0v) is 18.3. The van der Waals surface area contributed by atoms with Gasteiger partial charge < -0.3 is 20.5 Å². The molecule has 0 spiro atoms. The zero-order chi connectivity index (χ0) is 22.3. The van der Waals surface area contributed by atoms with E-state index in [1.54, 1.807) is 23.1 Å². The van der Waals surface area contributed by atoms with Crippen LogP contribution < -0.4 is 16.0 Å². The van der Waals surface area contributed by atoms with Gasteiger partial charge in [0.15, 0.2) is 0 Å². The smallest absolute Gasteiger partial charge is 0.370 e. The Morgan fingerprint density at radius 2 is 1.97 bits per heavy atom. The number of aromatic nitrogens is 2. The summed E-state index contributed by atoms with van der Waals surface area (Å²) in [6.45, 7) is 0.809. The summed E-state index contributed by atoms with van der Waals surface area (Å²) in [7, 11) is 1.82. The number of nitrogens with two attached hydrogens (primary N) is 1. The predicted molar refractivity (Wildman–Crippen MR) is 119 cm³/mol. The van der Waals surface area contributed by atoms with E-state index < -0.39 is 12.1 Å². The minimum absolute atomic E-state index is 0.0980. The van der Waals surface area contributed by atoms with Crippen molar-refractivity contribution in [2.45, 2.75) is 25.6 Å². The van der Waals surface area contributed by atoms with E-state index in [1.165, 1.54) is 0 Å². The highest BCUT2D eigenvalue weighted by Crippen LogP contribution is 2.39. The lowest BCUT2D eigenvalue weighted by Crippen LogP contribution is -2.41. The Bertz CT molecular complexity index is 1110. The van der Waals surface area contributed by atoms with Gasteiger partial charge in [-0.1, -0.05) is 29.3 Å². The van der Waals surface area contributed by atoms with Gasteiger partial charge in [-0.25, -0.2) is 4.98 Å². The first-order chi connectivity index (χ1) is 14.7. The minimum atomic E-state index is -4.21. The van der Waals surface area contributed by atoms with Crippen molar-refractivity contribution in [1.29, 1.82) is 0 Å². The van der Waals surface area contributed by atoms with Crippen molar-refractivity contribution >= 4 is 51.6 Å². The number of fused-ring (bicyclic) bond motifs is 1. The summed E-state index contributed by atoms with van der Waals surface area (Å²) in [6, 6.07) is 8.95. The molecule has 2 aromatic carbocycles. The van der Waals surface area contributed by atoms with Gasteiger partial charge >= 0.3 is 6.18 Å². The van der Waals surface area contributed by atoms with Gasteiger partial charge in [-0.15, -0.1) is 0 Å². The highest BCUT2D eigenvalue weighted by Gasteiger charge is 2.42. The molecule has 3 aromatic rings. The van der Waals surface area contributed by atoms with Gasteiger partial charge in [-0.05, 0) is 42.7 Å². The first-order valence-electron chi connectivity index (χ1n) is 9.90. The van der Waals surface area contributed by atoms with Crippen molar-refractivity contribution in [3.05, 3.63) is 45.9 Å². The molecule has 166 valence electrons. The molecule has 10 heteroatoms. The van der Waals surface area contributed by atoms with E-state index in [9.17, 15) is 13.2 Å². The molecule has 5 nitrogen and oxygen atoms in total. The number of nitrogens with zero attached hydrogens (tertiary/aromatic N) is 3. The molecule has 0 bridgehead atoms. The van der Waals surface area contributed by atoms with Crippen LogP contribution in [-0.4, -0.2) is 28.8 Å².